The van der Waals surface area contributed by atoms with E-state index in [2.05, 4.69) is 24.9 Å². The Hall–Kier alpha value is -1.29. The smallest absolute Gasteiger partial charge is 0.222 e. The van der Waals surface area contributed by atoms with E-state index in [9.17, 15) is 4.79 Å². The highest BCUT2D eigenvalue weighted by Crippen LogP contribution is 2.28. The van der Waals surface area contributed by atoms with Gasteiger partial charge in [0, 0.05) is 37.9 Å². The summed E-state index contributed by atoms with van der Waals surface area (Å²) in [5.41, 5.74) is 7.41. The van der Waals surface area contributed by atoms with Crippen LogP contribution in [-0.4, -0.2) is 34.9 Å². The van der Waals surface area contributed by atoms with Gasteiger partial charge >= 0.3 is 0 Å². The number of hydrogen-bond donors (Lipinski definition) is 2. The van der Waals surface area contributed by atoms with Gasteiger partial charge in [-0.15, -0.1) is 0 Å². The number of carbonyl (C=O) groups excluding carboxylic acids is 1. The zero-order valence-corrected chi connectivity index (χ0v) is 12.0. The third-order valence-electron chi connectivity index (χ3n) is 4.18. The van der Waals surface area contributed by atoms with Gasteiger partial charge in [-0.1, -0.05) is 13.8 Å². The molecule has 2 heterocycles. The van der Waals surface area contributed by atoms with Crippen LogP contribution < -0.4 is 5.73 Å². The van der Waals surface area contributed by atoms with Gasteiger partial charge in [0.25, 0.3) is 0 Å². The number of carbonyl (C=O) groups is 1. The summed E-state index contributed by atoms with van der Waals surface area (Å²) in [4.78, 5) is 17.2. The Kier molecular flexibility index (Phi) is 4.30. The van der Waals surface area contributed by atoms with Crippen molar-refractivity contribution in [3.63, 3.8) is 0 Å². The minimum atomic E-state index is 0.0363. The molecule has 1 aliphatic heterocycles. The van der Waals surface area contributed by atoms with E-state index < -0.39 is 0 Å². The number of nitrogens with zero attached hydrogens (tertiary/aromatic N) is 1. The number of H-pyrrole nitrogens is 1. The summed E-state index contributed by atoms with van der Waals surface area (Å²) in [5, 5.41) is 0. The Morgan fingerprint density at radius 3 is 3.00 bits per heavy atom. The maximum atomic E-state index is 12.2. The average molecular weight is 263 g/mol. The molecule has 19 heavy (non-hydrogen) atoms. The Bertz CT molecular complexity index is 411. The molecule has 1 fully saturated rings. The number of aryl methyl sites for hydroxylation is 1. The van der Waals surface area contributed by atoms with E-state index in [0.717, 1.165) is 32.4 Å². The molecule has 0 bridgehead atoms. The van der Waals surface area contributed by atoms with Crippen LogP contribution in [0.4, 0.5) is 0 Å². The van der Waals surface area contributed by atoms with Crippen molar-refractivity contribution in [1.82, 2.24) is 9.88 Å². The van der Waals surface area contributed by atoms with E-state index in [0.29, 0.717) is 6.42 Å². The first kappa shape index (κ1) is 14.1. The van der Waals surface area contributed by atoms with Crippen molar-refractivity contribution in [3.8, 4) is 0 Å². The second-order valence-corrected chi connectivity index (χ2v) is 6.27. The van der Waals surface area contributed by atoms with Crippen LogP contribution in [0.15, 0.2) is 18.5 Å². The molecule has 4 heteroatoms. The fourth-order valence-electron chi connectivity index (χ4n) is 2.70. The standard InChI is InChI=1S/C15H25N3O/c1-15(2)11-18(9-7-13(15)16)14(19)5-3-4-12-6-8-17-10-12/h6,8,10,13,17H,3-5,7,9,11,16H2,1-2H3. The Morgan fingerprint density at radius 2 is 2.37 bits per heavy atom. The first-order chi connectivity index (χ1) is 8.99. The monoisotopic (exact) mass is 263 g/mol. The normalized spacial score (nSPS) is 22.5. The van der Waals surface area contributed by atoms with Gasteiger partial charge in [0.1, 0.15) is 0 Å². The summed E-state index contributed by atoms with van der Waals surface area (Å²) < 4.78 is 0. The van der Waals surface area contributed by atoms with Gasteiger partial charge < -0.3 is 15.6 Å². The second kappa shape index (κ2) is 5.78. The van der Waals surface area contributed by atoms with Crippen molar-refractivity contribution in [1.29, 1.82) is 0 Å². The number of piperidine rings is 1. The molecule has 1 saturated heterocycles. The predicted octanol–water partition coefficient (Wildman–Crippen LogP) is 1.92. The van der Waals surface area contributed by atoms with Crippen molar-refractivity contribution < 1.29 is 4.79 Å². The number of hydrogen-bond acceptors (Lipinski definition) is 2. The van der Waals surface area contributed by atoms with Crippen molar-refractivity contribution in [3.05, 3.63) is 24.0 Å². The van der Waals surface area contributed by atoms with E-state index >= 15 is 0 Å². The molecule has 0 spiro atoms. The van der Waals surface area contributed by atoms with E-state index in [-0.39, 0.29) is 17.4 Å². The molecule has 0 radical (unpaired) electrons. The quantitative estimate of drug-likeness (QED) is 0.872. The van der Waals surface area contributed by atoms with Crippen molar-refractivity contribution in [2.24, 2.45) is 11.1 Å². The SMILES string of the molecule is CC1(C)CN(C(=O)CCCc2cc[nH]c2)CCC1N. The Morgan fingerprint density at radius 1 is 1.58 bits per heavy atom. The maximum absolute atomic E-state index is 12.2. The van der Waals surface area contributed by atoms with Crippen molar-refractivity contribution >= 4 is 5.91 Å². The summed E-state index contributed by atoms with van der Waals surface area (Å²) in [6.07, 6.45) is 7.35. The molecule has 1 atom stereocenters. The highest BCUT2D eigenvalue weighted by molar-refractivity contribution is 5.76. The fourth-order valence-corrected chi connectivity index (χ4v) is 2.70. The first-order valence-electron chi connectivity index (χ1n) is 7.14. The lowest BCUT2D eigenvalue weighted by Crippen LogP contribution is -2.53. The molecular formula is C15H25N3O. The largest absolute Gasteiger partial charge is 0.367 e. The Labute approximate surface area is 115 Å². The van der Waals surface area contributed by atoms with Crippen LogP contribution in [0.1, 0.15) is 38.7 Å². The molecule has 1 unspecified atom stereocenters. The number of nitrogens with one attached hydrogen (secondary N) is 1. The van der Waals surface area contributed by atoms with Crippen LogP contribution in [-0.2, 0) is 11.2 Å². The Balaban J connectivity index is 1.77. The third kappa shape index (κ3) is 3.60. The molecular weight excluding hydrogens is 238 g/mol. The number of rotatable bonds is 4. The summed E-state index contributed by atoms with van der Waals surface area (Å²) in [6.45, 7) is 5.90. The lowest BCUT2D eigenvalue weighted by molar-refractivity contribution is -0.134. The van der Waals surface area contributed by atoms with Gasteiger partial charge in [-0.05, 0) is 36.3 Å². The molecule has 1 aromatic rings. The molecule has 0 aliphatic carbocycles. The number of aromatic amines is 1. The van der Waals surface area contributed by atoms with E-state index in [1.54, 1.807) is 0 Å². The molecule has 106 valence electrons. The van der Waals surface area contributed by atoms with E-state index in [4.69, 9.17) is 5.73 Å². The van der Waals surface area contributed by atoms with Crippen LogP contribution in [0.25, 0.3) is 0 Å². The van der Waals surface area contributed by atoms with Crippen molar-refractivity contribution in [2.45, 2.75) is 45.6 Å². The molecule has 0 aromatic carbocycles. The van der Waals surface area contributed by atoms with Crippen LogP contribution >= 0.6 is 0 Å². The van der Waals surface area contributed by atoms with Crippen LogP contribution in [0.2, 0.25) is 0 Å². The molecule has 0 saturated carbocycles. The highest BCUT2D eigenvalue weighted by atomic mass is 16.2. The summed E-state index contributed by atoms with van der Waals surface area (Å²) in [7, 11) is 0. The minimum Gasteiger partial charge on any atom is -0.367 e. The fraction of sp³-hybridized carbons (Fsp3) is 0.667. The zero-order chi connectivity index (χ0) is 13.9. The average Bonchev–Trinajstić information content (AvgIpc) is 2.85. The number of nitrogens with two attached hydrogens (primary N) is 1. The third-order valence-corrected chi connectivity index (χ3v) is 4.18. The van der Waals surface area contributed by atoms with E-state index in [1.807, 2.05) is 17.3 Å². The van der Waals surface area contributed by atoms with Gasteiger partial charge in [-0.2, -0.15) is 0 Å². The highest BCUT2D eigenvalue weighted by Gasteiger charge is 2.34. The zero-order valence-electron chi connectivity index (χ0n) is 12.0. The number of amides is 1. The second-order valence-electron chi connectivity index (χ2n) is 6.27. The number of likely N-dealkylation sites (tertiary alicyclic amines) is 1. The molecule has 2 rings (SSSR count). The topological polar surface area (TPSA) is 62.1 Å². The summed E-state index contributed by atoms with van der Waals surface area (Å²) in [5.74, 6) is 0.274. The van der Waals surface area contributed by atoms with Crippen LogP contribution in [0, 0.1) is 5.41 Å². The van der Waals surface area contributed by atoms with Crippen molar-refractivity contribution in [2.75, 3.05) is 13.1 Å². The molecule has 3 N–H and O–H groups in total. The lowest BCUT2D eigenvalue weighted by Gasteiger charge is -2.42. The van der Waals surface area contributed by atoms with Gasteiger partial charge in [0.05, 0.1) is 0 Å². The van der Waals surface area contributed by atoms with Crippen LogP contribution in [0.5, 0.6) is 0 Å². The van der Waals surface area contributed by atoms with Gasteiger partial charge in [0.15, 0.2) is 0 Å². The molecule has 1 amide bonds. The molecule has 1 aromatic heterocycles. The van der Waals surface area contributed by atoms with Gasteiger partial charge in [-0.3, -0.25) is 4.79 Å². The van der Waals surface area contributed by atoms with Gasteiger partial charge in [-0.25, -0.2) is 0 Å². The minimum absolute atomic E-state index is 0.0363. The van der Waals surface area contributed by atoms with Gasteiger partial charge in [0.2, 0.25) is 5.91 Å². The lowest BCUT2D eigenvalue weighted by atomic mass is 9.79. The summed E-state index contributed by atoms with van der Waals surface area (Å²) in [6, 6.07) is 2.27. The maximum Gasteiger partial charge on any atom is 0.222 e. The van der Waals surface area contributed by atoms with E-state index in [1.165, 1.54) is 5.56 Å². The number of aromatic nitrogens is 1. The predicted molar refractivity (Wildman–Crippen MR) is 76.7 cm³/mol. The molecule has 4 nitrogen and oxygen atoms in total. The molecule has 1 aliphatic rings. The van der Waals surface area contributed by atoms with Crippen LogP contribution in [0.3, 0.4) is 0 Å². The first-order valence-corrected chi connectivity index (χ1v) is 7.14. The summed E-state index contributed by atoms with van der Waals surface area (Å²) >= 11 is 0.